The van der Waals surface area contributed by atoms with E-state index in [4.69, 9.17) is 0 Å². The maximum atomic E-state index is 12.9. The van der Waals surface area contributed by atoms with Crippen molar-refractivity contribution in [1.82, 2.24) is 20.0 Å². The summed E-state index contributed by atoms with van der Waals surface area (Å²) in [7, 11) is 1.70. The molecule has 1 saturated carbocycles. The van der Waals surface area contributed by atoms with E-state index in [-0.39, 0.29) is 36.5 Å². The molecule has 0 aromatic heterocycles. The number of carbonyl (C=O) groups is 3. The van der Waals surface area contributed by atoms with Gasteiger partial charge >= 0.3 is 6.03 Å². The molecule has 3 fully saturated rings. The molecule has 2 aliphatic heterocycles. The van der Waals surface area contributed by atoms with Gasteiger partial charge in [-0.15, -0.1) is 0 Å². The second-order valence-corrected chi connectivity index (χ2v) is 7.40. The number of hydrogen-bond acceptors (Lipinski definition) is 4. The third kappa shape index (κ3) is 2.59. The largest absolute Gasteiger partial charge is 0.336 e. The zero-order valence-electron chi connectivity index (χ0n) is 14.9. The molecule has 2 saturated heterocycles. The van der Waals surface area contributed by atoms with Crippen molar-refractivity contribution < 1.29 is 14.4 Å². The van der Waals surface area contributed by atoms with Crippen molar-refractivity contribution in [1.29, 1.82) is 0 Å². The Kier molecular flexibility index (Phi) is 4.55. The summed E-state index contributed by atoms with van der Waals surface area (Å²) < 4.78 is 0. The molecule has 3 aliphatic rings. The van der Waals surface area contributed by atoms with Gasteiger partial charge in [-0.2, -0.15) is 0 Å². The van der Waals surface area contributed by atoms with Crippen molar-refractivity contribution in [2.45, 2.75) is 63.6 Å². The average molecular weight is 336 g/mol. The molecule has 7 heteroatoms. The number of hydrogen-bond donors (Lipinski definition) is 1. The van der Waals surface area contributed by atoms with Gasteiger partial charge in [0, 0.05) is 32.2 Å². The molecule has 2 heterocycles. The zero-order valence-corrected chi connectivity index (χ0v) is 14.9. The fourth-order valence-electron chi connectivity index (χ4n) is 4.31. The van der Waals surface area contributed by atoms with Crippen molar-refractivity contribution in [3.63, 3.8) is 0 Å². The molecule has 0 aromatic rings. The van der Waals surface area contributed by atoms with Crippen LogP contribution in [0.2, 0.25) is 0 Å². The van der Waals surface area contributed by atoms with E-state index in [2.05, 4.69) is 5.32 Å². The van der Waals surface area contributed by atoms with Crippen LogP contribution in [0.5, 0.6) is 0 Å². The van der Waals surface area contributed by atoms with Crippen LogP contribution < -0.4 is 5.32 Å². The Bertz CT molecular complexity index is 544. The van der Waals surface area contributed by atoms with Gasteiger partial charge in [0.1, 0.15) is 12.1 Å². The number of rotatable bonds is 2. The van der Waals surface area contributed by atoms with Crippen molar-refractivity contribution in [2.24, 2.45) is 0 Å². The molecule has 0 radical (unpaired) electrons. The van der Waals surface area contributed by atoms with E-state index in [9.17, 15) is 14.4 Å². The SMILES string of the molecule is CC1NCCN(C(=O)CN2C(=O)N(C)C3(CCCCC3)C2=O)C1C. The summed E-state index contributed by atoms with van der Waals surface area (Å²) in [4.78, 5) is 42.8. The highest BCUT2D eigenvalue weighted by Gasteiger charge is 2.56. The number of imide groups is 1. The minimum atomic E-state index is -0.710. The number of nitrogens with zero attached hydrogens (tertiary/aromatic N) is 3. The van der Waals surface area contributed by atoms with Gasteiger partial charge in [-0.1, -0.05) is 19.3 Å². The smallest absolute Gasteiger partial charge is 0.327 e. The molecular formula is C17H28N4O3. The maximum absolute atomic E-state index is 12.9. The molecule has 4 amide bonds. The molecule has 1 spiro atoms. The minimum absolute atomic E-state index is 0.0560. The molecule has 0 bridgehead atoms. The lowest BCUT2D eigenvalue weighted by Crippen LogP contribution is -2.59. The van der Waals surface area contributed by atoms with Crippen LogP contribution >= 0.6 is 0 Å². The van der Waals surface area contributed by atoms with Crippen LogP contribution in [0.1, 0.15) is 46.0 Å². The van der Waals surface area contributed by atoms with Gasteiger partial charge in [-0.05, 0) is 26.7 Å². The molecule has 3 rings (SSSR count). The van der Waals surface area contributed by atoms with Crippen molar-refractivity contribution >= 4 is 17.8 Å². The Hall–Kier alpha value is -1.63. The van der Waals surface area contributed by atoms with E-state index < -0.39 is 5.54 Å². The van der Waals surface area contributed by atoms with Gasteiger partial charge in [-0.25, -0.2) is 4.79 Å². The Morgan fingerprint density at radius 3 is 2.54 bits per heavy atom. The van der Waals surface area contributed by atoms with Gasteiger partial charge in [0.05, 0.1) is 0 Å². The molecular weight excluding hydrogens is 308 g/mol. The van der Waals surface area contributed by atoms with Gasteiger partial charge in [-0.3, -0.25) is 14.5 Å². The highest BCUT2D eigenvalue weighted by molar-refractivity contribution is 6.09. The Morgan fingerprint density at radius 2 is 1.88 bits per heavy atom. The Morgan fingerprint density at radius 1 is 1.21 bits per heavy atom. The van der Waals surface area contributed by atoms with Crippen molar-refractivity contribution in [2.75, 3.05) is 26.7 Å². The minimum Gasteiger partial charge on any atom is -0.336 e. The molecule has 7 nitrogen and oxygen atoms in total. The summed E-state index contributed by atoms with van der Waals surface area (Å²) in [6.45, 7) is 5.25. The van der Waals surface area contributed by atoms with E-state index in [0.717, 1.165) is 25.8 Å². The van der Waals surface area contributed by atoms with Crippen LogP contribution in [-0.2, 0) is 9.59 Å². The standard InChI is InChI=1S/C17H28N4O3/c1-12-13(2)20(10-9-18-12)14(22)11-21-15(23)17(19(3)16(21)24)7-5-4-6-8-17/h12-13,18H,4-11H2,1-3H3. The van der Waals surface area contributed by atoms with E-state index >= 15 is 0 Å². The summed E-state index contributed by atoms with van der Waals surface area (Å²) in [6.07, 6.45) is 4.43. The van der Waals surface area contributed by atoms with Crippen LogP contribution in [0.25, 0.3) is 0 Å². The number of nitrogens with one attached hydrogen (secondary N) is 1. The van der Waals surface area contributed by atoms with Gasteiger partial charge in [0.15, 0.2) is 0 Å². The normalized spacial score (nSPS) is 30.4. The van der Waals surface area contributed by atoms with Crippen LogP contribution in [0.3, 0.4) is 0 Å². The highest BCUT2D eigenvalue weighted by atomic mass is 16.2. The predicted molar refractivity (Wildman–Crippen MR) is 89.3 cm³/mol. The lowest BCUT2D eigenvalue weighted by atomic mass is 9.81. The van der Waals surface area contributed by atoms with Gasteiger partial charge in [0.25, 0.3) is 5.91 Å². The Balaban J connectivity index is 1.74. The average Bonchev–Trinajstić information content (AvgIpc) is 2.74. The first-order valence-corrected chi connectivity index (χ1v) is 9.01. The lowest BCUT2D eigenvalue weighted by Gasteiger charge is -2.39. The number of piperazine rings is 1. The second kappa shape index (κ2) is 6.35. The molecule has 134 valence electrons. The van der Waals surface area contributed by atoms with E-state index in [1.54, 1.807) is 16.8 Å². The van der Waals surface area contributed by atoms with E-state index in [1.807, 2.05) is 13.8 Å². The maximum Gasteiger partial charge on any atom is 0.327 e. The van der Waals surface area contributed by atoms with Gasteiger partial charge < -0.3 is 15.1 Å². The van der Waals surface area contributed by atoms with Crippen LogP contribution in [-0.4, -0.2) is 76.8 Å². The predicted octanol–water partition coefficient (Wildman–Crippen LogP) is 0.792. The Labute approximate surface area is 143 Å². The number of urea groups is 1. The van der Waals surface area contributed by atoms with Crippen molar-refractivity contribution in [3.8, 4) is 0 Å². The fourth-order valence-corrected chi connectivity index (χ4v) is 4.31. The summed E-state index contributed by atoms with van der Waals surface area (Å²) in [5.74, 6) is -0.322. The fraction of sp³-hybridized carbons (Fsp3) is 0.824. The van der Waals surface area contributed by atoms with Crippen LogP contribution in [0.15, 0.2) is 0 Å². The lowest BCUT2D eigenvalue weighted by molar-refractivity contribution is -0.142. The van der Waals surface area contributed by atoms with Gasteiger partial charge in [0.2, 0.25) is 5.91 Å². The molecule has 24 heavy (non-hydrogen) atoms. The van der Waals surface area contributed by atoms with E-state index in [0.29, 0.717) is 19.4 Å². The first-order chi connectivity index (χ1) is 11.4. The first kappa shape index (κ1) is 17.2. The summed E-state index contributed by atoms with van der Waals surface area (Å²) in [5, 5.41) is 3.33. The van der Waals surface area contributed by atoms with Crippen molar-refractivity contribution in [3.05, 3.63) is 0 Å². The number of amides is 4. The van der Waals surface area contributed by atoms with Crippen LogP contribution in [0, 0.1) is 0 Å². The number of carbonyl (C=O) groups excluding carboxylic acids is 3. The zero-order chi connectivity index (χ0) is 17.5. The summed E-state index contributed by atoms with van der Waals surface area (Å²) in [5.41, 5.74) is -0.710. The van der Waals surface area contributed by atoms with E-state index in [1.165, 1.54) is 4.90 Å². The quantitative estimate of drug-likeness (QED) is 0.757. The summed E-state index contributed by atoms with van der Waals surface area (Å²) >= 11 is 0. The molecule has 1 N–H and O–H groups in total. The third-order valence-electron chi connectivity index (χ3n) is 6.13. The third-order valence-corrected chi connectivity index (χ3v) is 6.13. The molecule has 1 aliphatic carbocycles. The molecule has 0 aromatic carbocycles. The van der Waals surface area contributed by atoms with Crippen LogP contribution in [0.4, 0.5) is 4.79 Å². The second-order valence-electron chi connectivity index (χ2n) is 7.40. The summed E-state index contributed by atoms with van der Waals surface area (Å²) in [6, 6.07) is -0.0634. The monoisotopic (exact) mass is 336 g/mol. The molecule has 2 atom stereocenters. The number of likely N-dealkylation sites (N-methyl/N-ethyl adjacent to an activating group) is 1. The topological polar surface area (TPSA) is 73.0 Å². The highest BCUT2D eigenvalue weighted by Crippen LogP contribution is 2.39. The first-order valence-electron chi connectivity index (χ1n) is 9.01. The molecule has 2 unspecified atom stereocenters.